The second kappa shape index (κ2) is 4.09. The SMILES string of the molecule is CCS(=O)(=O)O.[Ar]. The van der Waals surface area contributed by atoms with E-state index in [0.29, 0.717) is 0 Å². The molecule has 0 aromatic heterocycles. The molecule has 0 amide bonds. The summed E-state index contributed by atoms with van der Waals surface area (Å²) in [6.45, 7) is 1.37. The van der Waals surface area contributed by atoms with Crippen molar-refractivity contribution in [3.63, 3.8) is 0 Å². The van der Waals surface area contributed by atoms with E-state index in [4.69, 9.17) is 4.55 Å². The van der Waals surface area contributed by atoms with Crippen LogP contribution in [-0.2, 0) is 10.1 Å². The maximum Gasteiger partial charge on any atom is 0.264 e. The fourth-order valence-electron chi connectivity index (χ4n) is 0. The standard InChI is InChI=1S/C2H6O3S.Ar/c1-2-6(3,4)5;/h2H2,1H3,(H,3,4,5);. The van der Waals surface area contributed by atoms with Gasteiger partial charge in [0.15, 0.2) is 0 Å². The van der Waals surface area contributed by atoms with Crippen molar-refractivity contribution in [1.29, 1.82) is 0 Å². The van der Waals surface area contributed by atoms with Gasteiger partial charge in [0.2, 0.25) is 0 Å². The van der Waals surface area contributed by atoms with Crippen molar-refractivity contribution < 1.29 is 50.7 Å². The zero-order chi connectivity index (χ0) is 5.21. The predicted octanol–water partition coefficient (Wildman–Crippen LogP) is -0.106. The third-order valence-electron chi connectivity index (χ3n) is 0.365. The van der Waals surface area contributed by atoms with Crippen LogP contribution in [0, 0.1) is 37.7 Å². The number of rotatable bonds is 1. The van der Waals surface area contributed by atoms with Crippen LogP contribution in [0.1, 0.15) is 6.92 Å². The molecule has 3 nitrogen and oxygen atoms in total. The molecule has 5 heteroatoms. The first-order valence-corrected chi connectivity index (χ1v) is 3.12. The van der Waals surface area contributed by atoms with Crippen LogP contribution in [0.4, 0.5) is 0 Å². The Labute approximate surface area is 72.8 Å². The molecule has 0 spiro atoms. The van der Waals surface area contributed by atoms with Crippen molar-refractivity contribution >= 4 is 10.1 Å². The van der Waals surface area contributed by atoms with Crippen molar-refractivity contribution in [1.82, 2.24) is 0 Å². The van der Waals surface area contributed by atoms with E-state index in [0.717, 1.165) is 0 Å². The van der Waals surface area contributed by atoms with Crippen LogP contribution in [0.15, 0.2) is 0 Å². The van der Waals surface area contributed by atoms with Gasteiger partial charge in [0.25, 0.3) is 10.1 Å². The van der Waals surface area contributed by atoms with E-state index in [1.807, 2.05) is 0 Å². The van der Waals surface area contributed by atoms with Crippen LogP contribution in [0.2, 0.25) is 0 Å². The van der Waals surface area contributed by atoms with Crippen LogP contribution in [0.25, 0.3) is 0 Å². The summed E-state index contributed by atoms with van der Waals surface area (Å²) in [5.41, 5.74) is 0. The Kier molecular flexibility index (Phi) is 6.44. The summed E-state index contributed by atoms with van der Waals surface area (Å²) in [7, 11) is -3.66. The van der Waals surface area contributed by atoms with Crippen LogP contribution in [0.3, 0.4) is 0 Å². The monoisotopic (exact) mass is 150 g/mol. The Morgan fingerprint density at radius 1 is 1.57 bits per heavy atom. The fourth-order valence-corrected chi connectivity index (χ4v) is 0. The van der Waals surface area contributed by atoms with Gasteiger partial charge in [0.05, 0.1) is 5.75 Å². The van der Waals surface area contributed by atoms with Crippen molar-refractivity contribution in [3.05, 3.63) is 0 Å². The van der Waals surface area contributed by atoms with E-state index in [1.54, 1.807) is 0 Å². The molecule has 0 heterocycles. The van der Waals surface area contributed by atoms with Gasteiger partial charge >= 0.3 is 0 Å². The van der Waals surface area contributed by atoms with Gasteiger partial charge in [-0.15, -0.1) is 0 Å². The summed E-state index contributed by atoms with van der Waals surface area (Å²) >= 11 is 0. The Bertz CT molecular complexity index is 115. The van der Waals surface area contributed by atoms with E-state index < -0.39 is 10.1 Å². The molecule has 0 aromatic rings. The Morgan fingerprint density at radius 2 is 1.71 bits per heavy atom. The molecule has 0 aliphatic heterocycles. The molecule has 0 aliphatic rings. The summed E-state index contributed by atoms with van der Waals surface area (Å²) in [5.74, 6) is -0.201. The van der Waals surface area contributed by atoms with Crippen molar-refractivity contribution in [2.24, 2.45) is 0 Å². The molecule has 1 N–H and O–H groups in total. The molecule has 0 saturated carbocycles. The van der Waals surface area contributed by atoms with Crippen molar-refractivity contribution in [2.75, 3.05) is 5.75 Å². The Balaban J connectivity index is 0. The number of hydrogen-bond donors (Lipinski definition) is 1. The van der Waals surface area contributed by atoms with Crippen molar-refractivity contribution in [2.45, 2.75) is 6.92 Å². The quantitative estimate of drug-likeness (QED) is 0.531. The minimum Gasteiger partial charge on any atom is -0.286 e. The van der Waals surface area contributed by atoms with Gasteiger partial charge in [-0.1, -0.05) is 0 Å². The zero-order valence-corrected chi connectivity index (χ0v) is 5.26. The van der Waals surface area contributed by atoms with Crippen LogP contribution in [-0.4, -0.2) is 18.7 Å². The van der Waals surface area contributed by atoms with E-state index in [9.17, 15) is 8.42 Å². The van der Waals surface area contributed by atoms with Gasteiger partial charge in [-0.3, -0.25) is 4.55 Å². The van der Waals surface area contributed by atoms with Crippen molar-refractivity contribution in [3.8, 4) is 0 Å². The van der Waals surface area contributed by atoms with Gasteiger partial charge < -0.3 is 0 Å². The second-order valence-electron chi connectivity index (χ2n) is 0.871. The van der Waals surface area contributed by atoms with Gasteiger partial charge in [0.1, 0.15) is 0 Å². The fraction of sp³-hybridized carbons (Fsp3) is 1.00. The normalized spacial score (nSPS) is 10.0. The smallest absolute Gasteiger partial charge is 0.264 e. The van der Waals surface area contributed by atoms with Crippen LogP contribution < -0.4 is 0 Å². The molecule has 7 heavy (non-hydrogen) atoms. The van der Waals surface area contributed by atoms with E-state index in [2.05, 4.69) is 0 Å². The Morgan fingerprint density at radius 3 is 1.71 bits per heavy atom. The second-order valence-corrected chi connectivity index (χ2v) is 2.61. The summed E-state index contributed by atoms with van der Waals surface area (Å²) in [6.07, 6.45) is 0. The van der Waals surface area contributed by atoms with Gasteiger partial charge in [-0.05, 0) is 6.92 Å². The van der Waals surface area contributed by atoms with E-state index in [1.165, 1.54) is 6.92 Å². The summed E-state index contributed by atoms with van der Waals surface area (Å²) in [5, 5.41) is 0. The first-order valence-electron chi connectivity index (χ1n) is 1.51. The summed E-state index contributed by atoms with van der Waals surface area (Å²) < 4.78 is 26.9. The van der Waals surface area contributed by atoms with Crippen LogP contribution >= 0.6 is 0 Å². The predicted molar refractivity (Wildman–Crippen MR) is 22.1 cm³/mol. The summed E-state index contributed by atoms with van der Waals surface area (Å²) in [6, 6.07) is 0. The molecule has 0 fully saturated rings. The van der Waals surface area contributed by atoms with E-state index in [-0.39, 0.29) is 43.5 Å². The average Bonchev–Trinajstić information content (AvgIpc) is 1.35. The average molecular weight is 150 g/mol. The molecule has 0 rings (SSSR count). The first-order chi connectivity index (χ1) is 2.56. The zero-order valence-electron chi connectivity index (χ0n) is 3.73. The molecule has 0 saturated heterocycles. The van der Waals surface area contributed by atoms with Crippen LogP contribution in [0.5, 0.6) is 0 Å². The third-order valence-corrected chi connectivity index (χ3v) is 1.09. The molecule has 46 valence electrons. The molecular weight excluding hydrogens is 144 g/mol. The topological polar surface area (TPSA) is 54.4 Å². The molecule has 0 unspecified atom stereocenters. The van der Waals surface area contributed by atoms with Gasteiger partial charge in [-0.2, -0.15) is 8.42 Å². The number of hydrogen-bond acceptors (Lipinski definition) is 2. The molecule has 0 aliphatic carbocycles. The minimum absolute atomic E-state index is 0. The molecule has 0 bridgehead atoms. The molecule has 0 aromatic carbocycles. The first kappa shape index (κ1) is 11.0. The minimum atomic E-state index is -3.66. The van der Waals surface area contributed by atoms with Gasteiger partial charge in [0, 0.05) is 37.7 Å². The third kappa shape index (κ3) is 11.0. The maximum absolute atomic E-state index is 9.56. The molecular formula is C2H6ArO3S. The Hall–Kier alpha value is 1.17. The molecule has 0 radical (unpaired) electrons. The van der Waals surface area contributed by atoms with Gasteiger partial charge in [-0.25, -0.2) is 0 Å². The van der Waals surface area contributed by atoms with E-state index >= 15 is 0 Å². The molecule has 0 atom stereocenters. The summed E-state index contributed by atoms with van der Waals surface area (Å²) in [4.78, 5) is 0. The maximum atomic E-state index is 9.56. The largest absolute Gasteiger partial charge is 0.286 e.